The summed E-state index contributed by atoms with van der Waals surface area (Å²) >= 11 is 0. The predicted molar refractivity (Wildman–Crippen MR) is 63.2 cm³/mol. The molecule has 0 heterocycles. The molecule has 1 unspecified atom stereocenters. The molecule has 88 valence electrons. The van der Waals surface area contributed by atoms with E-state index in [2.05, 4.69) is 5.43 Å². The summed E-state index contributed by atoms with van der Waals surface area (Å²) in [5.74, 6) is 6.14. The first-order valence-electron chi connectivity index (χ1n) is 5.92. The van der Waals surface area contributed by atoms with E-state index >= 15 is 0 Å². The number of hydrogen-bond acceptors (Lipinski definition) is 2. The van der Waals surface area contributed by atoms with Crippen LogP contribution in [-0.4, -0.2) is 0 Å². The number of hydrazine groups is 1. The number of benzene rings is 1. The predicted octanol–water partition coefficient (Wildman–Crippen LogP) is 2.83. The molecule has 0 radical (unpaired) electrons. The normalized spacial score (nSPS) is 18.2. The molecule has 16 heavy (non-hydrogen) atoms. The highest BCUT2D eigenvalue weighted by molar-refractivity contribution is 5.26. The third-order valence-electron chi connectivity index (χ3n) is 3.46. The minimum atomic E-state index is -0.177. The second-order valence-electron chi connectivity index (χ2n) is 4.81. The SMILES string of the molecule is Cc1cc(F)cc(C(CC2CCC2)NN)c1. The summed E-state index contributed by atoms with van der Waals surface area (Å²) in [6.07, 6.45) is 4.91. The van der Waals surface area contributed by atoms with Gasteiger partial charge in [0, 0.05) is 6.04 Å². The third-order valence-corrected chi connectivity index (χ3v) is 3.46. The number of hydrogen-bond donors (Lipinski definition) is 2. The molecular weight excluding hydrogens is 203 g/mol. The van der Waals surface area contributed by atoms with Crippen molar-refractivity contribution in [3.63, 3.8) is 0 Å². The zero-order valence-electron chi connectivity index (χ0n) is 9.67. The second-order valence-corrected chi connectivity index (χ2v) is 4.81. The van der Waals surface area contributed by atoms with Crippen molar-refractivity contribution in [3.8, 4) is 0 Å². The summed E-state index contributed by atoms with van der Waals surface area (Å²) in [4.78, 5) is 0. The van der Waals surface area contributed by atoms with Gasteiger partial charge in [0.1, 0.15) is 5.82 Å². The molecule has 1 aliphatic rings. The van der Waals surface area contributed by atoms with E-state index in [1.165, 1.54) is 19.3 Å². The Morgan fingerprint density at radius 1 is 1.44 bits per heavy atom. The van der Waals surface area contributed by atoms with Gasteiger partial charge in [0.25, 0.3) is 0 Å². The summed E-state index contributed by atoms with van der Waals surface area (Å²) in [7, 11) is 0. The van der Waals surface area contributed by atoms with Crippen LogP contribution in [0.15, 0.2) is 18.2 Å². The topological polar surface area (TPSA) is 38.0 Å². The minimum Gasteiger partial charge on any atom is -0.271 e. The fraction of sp³-hybridized carbons (Fsp3) is 0.538. The van der Waals surface area contributed by atoms with Crippen LogP contribution in [0.1, 0.15) is 42.9 Å². The smallest absolute Gasteiger partial charge is 0.123 e. The number of rotatable bonds is 4. The van der Waals surface area contributed by atoms with Crippen LogP contribution in [0.3, 0.4) is 0 Å². The van der Waals surface area contributed by atoms with Crippen LogP contribution in [0.25, 0.3) is 0 Å². The fourth-order valence-electron chi connectivity index (χ4n) is 2.33. The zero-order valence-corrected chi connectivity index (χ0v) is 9.67. The molecule has 1 aliphatic carbocycles. The molecule has 3 heteroatoms. The minimum absolute atomic E-state index is 0.0831. The molecule has 1 aromatic carbocycles. The molecule has 0 amide bonds. The van der Waals surface area contributed by atoms with E-state index in [9.17, 15) is 4.39 Å². The van der Waals surface area contributed by atoms with Crippen LogP contribution in [0.4, 0.5) is 4.39 Å². The summed E-state index contributed by atoms with van der Waals surface area (Å²) in [6.45, 7) is 1.91. The lowest BCUT2D eigenvalue weighted by Crippen LogP contribution is -2.31. The van der Waals surface area contributed by atoms with Gasteiger partial charge in [-0.1, -0.05) is 25.3 Å². The number of aryl methyl sites for hydroxylation is 1. The largest absolute Gasteiger partial charge is 0.271 e. The van der Waals surface area contributed by atoms with Crippen molar-refractivity contribution < 1.29 is 4.39 Å². The zero-order chi connectivity index (χ0) is 11.5. The Balaban J connectivity index is 2.11. The molecule has 0 aliphatic heterocycles. The molecule has 0 spiro atoms. The molecular formula is C13H19FN2. The van der Waals surface area contributed by atoms with Crippen molar-refractivity contribution in [3.05, 3.63) is 35.1 Å². The van der Waals surface area contributed by atoms with Gasteiger partial charge in [0.2, 0.25) is 0 Å². The standard InChI is InChI=1S/C13H19FN2/c1-9-5-11(8-12(14)6-9)13(16-15)7-10-3-2-4-10/h5-6,8,10,13,16H,2-4,7,15H2,1H3. The highest BCUT2D eigenvalue weighted by atomic mass is 19.1. The second kappa shape index (κ2) is 4.93. The molecule has 3 N–H and O–H groups in total. The lowest BCUT2D eigenvalue weighted by Gasteiger charge is -2.29. The van der Waals surface area contributed by atoms with Crippen molar-refractivity contribution in [2.75, 3.05) is 0 Å². The summed E-state index contributed by atoms with van der Waals surface area (Å²) in [6, 6.07) is 5.21. The molecule has 1 fully saturated rings. The van der Waals surface area contributed by atoms with E-state index < -0.39 is 0 Å². The van der Waals surface area contributed by atoms with Gasteiger partial charge in [0.15, 0.2) is 0 Å². The number of nitrogens with two attached hydrogens (primary N) is 1. The van der Waals surface area contributed by atoms with Crippen molar-refractivity contribution in [2.45, 2.75) is 38.6 Å². The van der Waals surface area contributed by atoms with Gasteiger partial charge in [-0.05, 0) is 42.5 Å². The van der Waals surface area contributed by atoms with Gasteiger partial charge in [-0.25, -0.2) is 4.39 Å². The lowest BCUT2D eigenvalue weighted by atomic mass is 9.79. The first-order valence-corrected chi connectivity index (χ1v) is 5.92. The summed E-state index contributed by atoms with van der Waals surface area (Å²) in [5.41, 5.74) is 4.72. The van der Waals surface area contributed by atoms with Crippen molar-refractivity contribution in [1.82, 2.24) is 5.43 Å². The van der Waals surface area contributed by atoms with E-state index in [0.29, 0.717) is 0 Å². The van der Waals surface area contributed by atoms with Crippen molar-refractivity contribution >= 4 is 0 Å². The van der Waals surface area contributed by atoms with Gasteiger partial charge >= 0.3 is 0 Å². The van der Waals surface area contributed by atoms with Crippen LogP contribution in [0.5, 0.6) is 0 Å². The van der Waals surface area contributed by atoms with Crippen LogP contribution in [-0.2, 0) is 0 Å². The third kappa shape index (κ3) is 2.60. The first-order chi connectivity index (χ1) is 7.69. The first kappa shape index (κ1) is 11.6. The molecule has 1 aromatic rings. The van der Waals surface area contributed by atoms with Gasteiger partial charge < -0.3 is 0 Å². The van der Waals surface area contributed by atoms with E-state index in [-0.39, 0.29) is 11.9 Å². The monoisotopic (exact) mass is 222 g/mol. The Kier molecular flexibility index (Phi) is 3.56. The van der Waals surface area contributed by atoms with Gasteiger partial charge in [-0.15, -0.1) is 0 Å². The quantitative estimate of drug-likeness (QED) is 0.607. The Hall–Kier alpha value is -0.930. The van der Waals surface area contributed by atoms with Crippen LogP contribution in [0, 0.1) is 18.7 Å². The van der Waals surface area contributed by atoms with E-state index in [0.717, 1.165) is 23.5 Å². The van der Waals surface area contributed by atoms with E-state index in [1.807, 2.05) is 13.0 Å². The lowest BCUT2D eigenvalue weighted by molar-refractivity contribution is 0.261. The Labute approximate surface area is 96.0 Å². The Morgan fingerprint density at radius 3 is 2.69 bits per heavy atom. The van der Waals surface area contributed by atoms with Crippen LogP contribution >= 0.6 is 0 Å². The number of nitrogens with one attached hydrogen (secondary N) is 1. The van der Waals surface area contributed by atoms with Crippen molar-refractivity contribution in [2.24, 2.45) is 11.8 Å². The molecule has 0 bridgehead atoms. The van der Waals surface area contributed by atoms with Gasteiger partial charge in [-0.2, -0.15) is 0 Å². The molecule has 1 atom stereocenters. The highest BCUT2D eigenvalue weighted by Crippen LogP contribution is 2.34. The fourth-order valence-corrected chi connectivity index (χ4v) is 2.33. The van der Waals surface area contributed by atoms with Gasteiger partial charge in [0.05, 0.1) is 0 Å². The van der Waals surface area contributed by atoms with Crippen LogP contribution < -0.4 is 11.3 Å². The van der Waals surface area contributed by atoms with E-state index in [4.69, 9.17) is 5.84 Å². The summed E-state index contributed by atoms with van der Waals surface area (Å²) < 4.78 is 13.3. The highest BCUT2D eigenvalue weighted by Gasteiger charge is 2.22. The average Bonchev–Trinajstić information content (AvgIpc) is 2.14. The van der Waals surface area contributed by atoms with Crippen LogP contribution in [0.2, 0.25) is 0 Å². The maximum Gasteiger partial charge on any atom is 0.123 e. The number of halogens is 1. The van der Waals surface area contributed by atoms with Crippen molar-refractivity contribution in [1.29, 1.82) is 0 Å². The average molecular weight is 222 g/mol. The van der Waals surface area contributed by atoms with Gasteiger partial charge in [-0.3, -0.25) is 11.3 Å². The Morgan fingerprint density at radius 2 is 2.19 bits per heavy atom. The molecule has 0 aromatic heterocycles. The maximum atomic E-state index is 13.3. The molecule has 0 saturated heterocycles. The molecule has 2 nitrogen and oxygen atoms in total. The van der Waals surface area contributed by atoms with E-state index in [1.54, 1.807) is 12.1 Å². The Bertz CT molecular complexity index is 341. The summed E-state index contributed by atoms with van der Waals surface area (Å²) in [5, 5.41) is 0. The molecule has 1 saturated carbocycles. The maximum absolute atomic E-state index is 13.3. The molecule has 2 rings (SSSR count).